The first kappa shape index (κ1) is 16.0. The third-order valence-electron chi connectivity index (χ3n) is 0. The average Bonchev–Trinajstić information content (AvgIpc) is 0.722. The molecule has 0 aliphatic heterocycles. The Morgan fingerprint density at radius 1 is 1.57 bits per heavy atom. The van der Waals surface area contributed by atoms with Crippen molar-refractivity contribution < 1.29 is 44.3 Å². The Balaban J connectivity index is -0.0000000267. The number of hydrogen-bond acceptors (Lipinski definition) is 2. The van der Waals surface area contributed by atoms with Crippen molar-refractivity contribution in [1.82, 2.24) is 0 Å². The molecule has 0 fully saturated rings. The molecule has 0 heterocycles. The van der Waals surface area contributed by atoms with Crippen LogP contribution in [-0.2, 0) is 20.2 Å². The van der Waals surface area contributed by atoms with E-state index in [-0.39, 0.29) is 54.9 Å². The van der Waals surface area contributed by atoms with Crippen molar-refractivity contribution in [2.75, 3.05) is 0 Å². The summed E-state index contributed by atoms with van der Waals surface area (Å²) >= 11 is 3.47. The van der Waals surface area contributed by atoms with Gasteiger partial charge in [0.2, 0.25) is 0 Å². The second-order valence-electron chi connectivity index (χ2n) is 0.448. The van der Waals surface area contributed by atoms with Gasteiger partial charge in [-0.2, -0.15) is 4.21 Å². The van der Waals surface area contributed by atoms with E-state index >= 15 is 0 Å². The number of hydrogen-bond donors (Lipinski definition) is 2. The van der Waals surface area contributed by atoms with Gasteiger partial charge in [-0.05, 0) is 0 Å². The van der Waals surface area contributed by atoms with Crippen molar-refractivity contribution in [2.24, 2.45) is 0 Å². The molecule has 2 N–H and O–H groups in total. The topological polar surface area (TPSA) is 57.5 Å². The fourth-order valence-corrected chi connectivity index (χ4v) is 0. The molecule has 0 rings (SSSR count). The van der Waals surface area contributed by atoms with E-state index in [1.807, 2.05) is 0 Å². The summed E-state index contributed by atoms with van der Waals surface area (Å²) in [7, 11) is -3.83. The summed E-state index contributed by atoms with van der Waals surface area (Å²) < 4.78 is 24.0. The van der Waals surface area contributed by atoms with Crippen LogP contribution in [0.15, 0.2) is 0 Å². The van der Waals surface area contributed by atoms with Crippen molar-refractivity contribution in [3.63, 3.8) is 0 Å². The quantitative estimate of drug-likeness (QED) is 0.434. The van der Waals surface area contributed by atoms with Gasteiger partial charge in [0.25, 0.3) is 9.05 Å². The van der Waals surface area contributed by atoms with Gasteiger partial charge in [0.1, 0.15) is 0 Å². The molecular formula is H5NaO3S2Sn. The molecule has 0 aromatic rings. The standard InChI is InChI=1S/Na.H2O3S2.Sn.3H/c;1-5(2,3)4;;;;/h;(H2,1,2,3,4);;;;/q+1;;;;;-1. The summed E-state index contributed by atoms with van der Waals surface area (Å²) in [6.45, 7) is 0. The molecule has 40 valence electrons. The first-order valence-corrected chi connectivity index (χ1v) is 3.10. The van der Waals surface area contributed by atoms with Crippen LogP contribution in [0.3, 0.4) is 0 Å². The minimum atomic E-state index is -3.83. The van der Waals surface area contributed by atoms with Crippen LogP contribution in [0.4, 0.5) is 0 Å². The molecule has 0 spiro atoms. The van der Waals surface area contributed by atoms with Crippen molar-refractivity contribution in [1.29, 1.82) is 0 Å². The monoisotopic (exact) mass is 260 g/mol. The summed E-state index contributed by atoms with van der Waals surface area (Å²) in [5.74, 6) is 0. The molecule has 7 heteroatoms. The third-order valence-corrected chi connectivity index (χ3v) is 0. The van der Waals surface area contributed by atoms with Crippen molar-refractivity contribution >= 4 is 44.1 Å². The zero-order chi connectivity index (χ0) is 4.50. The molecule has 0 saturated carbocycles. The van der Waals surface area contributed by atoms with E-state index in [4.69, 9.17) is 13.3 Å². The Hall–Kier alpha value is 2.09. The minimum absolute atomic E-state index is 0. The SMILES string of the molecule is O=S(O)(O)=S.[H-].[Na+].[SnH2]. The van der Waals surface area contributed by atoms with Gasteiger partial charge in [0.15, 0.2) is 0 Å². The fraction of sp³-hybridized carbons (Fsp3) is 0. The Kier molecular flexibility index (Phi) is 14.2. The second kappa shape index (κ2) is 6.21. The van der Waals surface area contributed by atoms with Crippen LogP contribution in [0.2, 0.25) is 0 Å². The first-order valence-electron chi connectivity index (χ1n) is 0.698. The Labute approximate surface area is 87.3 Å². The van der Waals surface area contributed by atoms with E-state index in [2.05, 4.69) is 11.2 Å². The molecule has 0 aliphatic rings. The second-order valence-corrected chi connectivity index (χ2v) is 2.65. The zero-order valence-corrected chi connectivity index (χ0v) is 11.5. The molecule has 0 saturated heterocycles. The van der Waals surface area contributed by atoms with Gasteiger partial charge in [0.05, 0.1) is 0 Å². The van der Waals surface area contributed by atoms with Gasteiger partial charge in [-0.15, -0.1) is 0 Å². The van der Waals surface area contributed by atoms with Crippen LogP contribution in [0, 0.1) is 0 Å². The maximum atomic E-state index is 9.11. The van der Waals surface area contributed by atoms with E-state index in [1.165, 1.54) is 0 Å². The van der Waals surface area contributed by atoms with E-state index in [0.717, 1.165) is 0 Å². The van der Waals surface area contributed by atoms with Gasteiger partial charge < -0.3 is 1.43 Å². The zero-order valence-electron chi connectivity index (χ0n) is 4.83. The van der Waals surface area contributed by atoms with Crippen LogP contribution in [0.1, 0.15) is 1.43 Å². The average molecular weight is 259 g/mol. The van der Waals surface area contributed by atoms with Crippen molar-refractivity contribution in [3.05, 3.63) is 0 Å². The van der Waals surface area contributed by atoms with Gasteiger partial charge in [-0.25, -0.2) is 0 Å². The fourth-order valence-electron chi connectivity index (χ4n) is 0. The molecule has 0 aromatic heterocycles. The van der Waals surface area contributed by atoms with Gasteiger partial charge in [0, 0.05) is 11.2 Å². The Morgan fingerprint density at radius 2 is 1.57 bits per heavy atom. The third kappa shape index (κ3) is 68.7. The van der Waals surface area contributed by atoms with Crippen molar-refractivity contribution in [3.8, 4) is 0 Å². The number of rotatable bonds is 0. The van der Waals surface area contributed by atoms with Crippen LogP contribution in [0.5, 0.6) is 0 Å². The predicted molar refractivity (Wildman–Crippen MR) is 30.4 cm³/mol. The van der Waals surface area contributed by atoms with E-state index in [0.29, 0.717) is 0 Å². The summed E-state index contributed by atoms with van der Waals surface area (Å²) in [6, 6.07) is 0. The molecule has 0 bridgehead atoms. The molecule has 0 aliphatic carbocycles. The van der Waals surface area contributed by atoms with E-state index in [1.54, 1.807) is 0 Å². The molecular weight excluding hydrogens is 254 g/mol. The van der Waals surface area contributed by atoms with Gasteiger partial charge >= 0.3 is 53.5 Å². The molecule has 0 unspecified atom stereocenters. The Morgan fingerprint density at radius 3 is 1.57 bits per heavy atom. The van der Waals surface area contributed by atoms with Crippen LogP contribution in [0.25, 0.3) is 0 Å². The summed E-state index contributed by atoms with van der Waals surface area (Å²) in [6.07, 6.45) is 0. The van der Waals surface area contributed by atoms with Crippen LogP contribution in [-0.4, -0.2) is 37.2 Å². The first-order chi connectivity index (χ1) is 2.00. The summed E-state index contributed by atoms with van der Waals surface area (Å²) in [5, 5.41) is 0. The molecule has 0 atom stereocenters. The van der Waals surface area contributed by atoms with Crippen LogP contribution >= 0.6 is 0 Å². The summed E-state index contributed by atoms with van der Waals surface area (Å²) in [5.41, 5.74) is 0. The summed E-state index contributed by atoms with van der Waals surface area (Å²) in [4.78, 5) is 0. The molecule has 7 heavy (non-hydrogen) atoms. The Bertz CT molecular complexity index is 100. The van der Waals surface area contributed by atoms with Gasteiger partial charge in [-0.3, -0.25) is 9.11 Å². The van der Waals surface area contributed by atoms with E-state index in [9.17, 15) is 0 Å². The molecule has 3 nitrogen and oxygen atoms in total. The molecule has 0 amide bonds. The predicted octanol–water partition coefficient (Wildman–Crippen LogP) is -4.12. The van der Waals surface area contributed by atoms with Crippen LogP contribution < -0.4 is 29.6 Å². The van der Waals surface area contributed by atoms with Gasteiger partial charge in [-0.1, -0.05) is 0 Å². The normalized spacial score (nSPS) is 8.29. The maximum absolute atomic E-state index is 9.11. The van der Waals surface area contributed by atoms with Crippen molar-refractivity contribution in [2.45, 2.75) is 0 Å². The van der Waals surface area contributed by atoms with E-state index < -0.39 is 9.05 Å². The molecule has 0 aromatic carbocycles. The molecule has 2 radical (unpaired) electrons.